The van der Waals surface area contributed by atoms with E-state index in [-0.39, 0.29) is 17.4 Å². The second-order valence-corrected chi connectivity index (χ2v) is 9.91. The summed E-state index contributed by atoms with van der Waals surface area (Å²) >= 11 is 7.48. The van der Waals surface area contributed by atoms with E-state index in [0.717, 1.165) is 30.5 Å². The standard InChI is InChI=1S/C26H25ClN4O2S/c27-21-10-4-8-19(14-21)15-28-24(32)20-9-5-12-30(17-20)26-29-22-11-13-34-23(22)25(33)31(26)16-18-6-2-1-3-7-18/h1-4,6-8,10-11,13-14,20H,5,9,12,15-17H2,(H,28,32)/t20-/m1/s1. The van der Waals surface area contributed by atoms with Crippen LogP contribution in [0.5, 0.6) is 0 Å². The number of nitrogens with zero attached hydrogens (tertiary/aromatic N) is 3. The van der Waals surface area contributed by atoms with Gasteiger partial charge in [-0.15, -0.1) is 11.3 Å². The number of aromatic nitrogens is 2. The maximum absolute atomic E-state index is 13.4. The van der Waals surface area contributed by atoms with E-state index in [0.29, 0.717) is 40.8 Å². The third-order valence-corrected chi connectivity index (χ3v) is 7.29. The molecule has 6 nitrogen and oxygen atoms in total. The Labute approximate surface area is 206 Å². The van der Waals surface area contributed by atoms with Crippen LogP contribution in [0.25, 0.3) is 10.2 Å². The molecule has 4 aromatic rings. The van der Waals surface area contributed by atoms with Crippen molar-refractivity contribution >= 4 is 45.0 Å². The molecule has 1 saturated heterocycles. The van der Waals surface area contributed by atoms with Crippen LogP contribution in [-0.2, 0) is 17.9 Å². The molecule has 1 atom stereocenters. The van der Waals surface area contributed by atoms with Crippen LogP contribution < -0.4 is 15.8 Å². The Balaban J connectivity index is 1.38. The molecule has 1 N–H and O–H groups in total. The lowest BCUT2D eigenvalue weighted by Gasteiger charge is -2.34. The molecule has 34 heavy (non-hydrogen) atoms. The van der Waals surface area contributed by atoms with Crippen molar-refractivity contribution in [2.75, 3.05) is 18.0 Å². The van der Waals surface area contributed by atoms with E-state index in [2.05, 4.69) is 10.2 Å². The zero-order valence-electron chi connectivity index (χ0n) is 18.6. The van der Waals surface area contributed by atoms with E-state index >= 15 is 0 Å². The summed E-state index contributed by atoms with van der Waals surface area (Å²) in [5.41, 5.74) is 2.68. The van der Waals surface area contributed by atoms with Crippen molar-refractivity contribution in [1.29, 1.82) is 0 Å². The summed E-state index contributed by atoms with van der Waals surface area (Å²) in [4.78, 5) is 33.3. The quantitative estimate of drug-likeness (QED) is 0.424. The number of hydrogen-bond donors (Lipinski definition) is 1. The van der Waals surface area contributed by atoms with Gasteiger partial charge in [0.1, 0.15) is 4.70 Å². The molecule has 0 bridgehead atoms. The van der Waals surface area contributed by atoms with E-state index < -0.39 is 0 Å². The molecule has 2 aromatic heterocycles. The van der Waals surface area contributed by atoms with Crippen molar-refractivity contribution in [2.45, 2.75) is 25.9 Å². The molecule has 0 unspecified atom stereocenters. The number of carbonyl (C=O) groups excluding carboxylic acids is 1. The van der Waals surface area contributed by atoms with Gasteiger partial charge in [0.05, 0.1) is 18.0 Å². The van der Waals surface area contributed by atoms with Crippen molar-refractivity contribution in [2.24, 2.45) is 5.92 Å². The highest BCUT2D eigenvalue weighted by Crippen LogP contribution is 2.25. The number of fused-ring (bicyclic) bond motifs is 1. The fourth-order valence-corrected chi connectivity index (χ4v) is 5.43. The van der Waals surface area contributed by atoms with Crippen LogP contribution in [0.1, 0.15) is 24.0 Å². The second-order valence-electron chi connectivity index (χ2n) is 8.56. The van der Waals surface area contributed by atoms with Gasteiger partial charge in [-0.05, 0) is 47.5 Å². The topological polar surface area (TPSA) is 67.2 Å². The predicted octanol–water partition coefficient (Wildman–Crippen LogP) is 4.69. The predicted molar refractivity (Wildman–Crippen MR) is 138 cm³/mol. The van der Waals surface area contributed by atoms with Crippen molar-refractivity contribution in [3.63, 3.8) is 0 Å². The summed E-state index contributed by atoms with van der Waals surface area (Å²) in [6, 6.07) is 19.3. The minimum atomic E-state index is -0.173. The van der Waals surface area contributed by atoms with Gasteiger partial charge in [0.25, 0.3) is 5.56 Å². The summed E-state index contributed by atoms with van der Waals surface area (Å²) in [5.74, 6) is 0.471. The Morgan fingerprint density at radius 3 is 2.76 bits per heavy atom. The first-order valence-electron chi connectivity index (χ1n) is 11.4. The molecule has 1 aliphatic heterocycles. The van der Waals surface area contributed by atoms with Gasteiger partial charge < -0.3 is 10.2 Å². The average Bonchev–Trinajstić information content (AvgIpc) is 3.34. The number of benzene rings is 2. The van der Waals surface area contributed by atoms with Crippen molar-refractivity contribution in [3.8, 4) is 0 Å². The van der Waals surface area contributed by atoms with Gasteiger partial charge >= 0.3 is 0 Å². The number of rotatable bonds is 6. The number of carbonyl (C=O) groups is 1. The van der Waals surface area contributed by atoms with E-state index in [4.69, 9.17) is 16.6 Å². The Kier molecular flexibility index (Phi) is 6.65. The van der Waals surface area contributed by atoms with Crippen LogP contribution in [0, 0.1) is 5.92 Å². The Hall–Kier alpha value is -3.16. The molecule has 1 amide bonds. The third-order valence-electron chi connectivity index (χ3n) is 6.16. The average molecular weight is 493 g/mol. The van der Waals surface area contributed by atoms with Gasteiger partial charge in [-0.3, -0.25) is 14.2 Å². The van der Waals surface area contributed by atoms with Crippen LogP contribution in [-0.4, -0.2) is 28.5 Å². The lowest BCUT2D eigenvalue weighted by atomic mass is 9.97. The molecule has 0 saturated carbocycles. The smallest absolute Gasteiger partial charge is 0.273 e. The van der Waals surface area contributed by atoms with Crippen LogP contribution in [0.3, 0.4) is 0 Å². The minimum absolute atomic E-state index is 0.0123. The summed E-state index contributed by atoms with van der Waals surface area (Å²) < 4.78 is 2.41. The van der Waals surface area contributed by atoms with Crippen LogP contribution in [0.4, 0.5) is 5.95 Å². The second kappa shape index (κ2) is 9.99. The van der Waals surface area contributed by atoms with Crippen molar-refractivity contribution in [1.82, 2.24) is 14.9 Å². The molecule has 1 aliphatic rings. The number of amides is 1. The first-order valence-corrected chi connectivity index (χ1v) is 12.6. The number of anilines is 1. The lowest BCUT2D eigenvalue weighted by Crippen LogP contribution is -2.45. The summed E-state index contributed by atoms with van der Waals surface area (Å²) in [6.45, 7) is 2.17. The molecule has 2 aromatic carbocycles. The van der Waals surface area contributed by atoms with Gasteiger partial charge in [-0.1, -0.05) is 54.1 Å². The molecule has 0 radical (unpaired) electrons. The molecule has 3 heterocycles. The van der Waals surface area contributed by atoms with Gasteiger partial charge in [-0.2, -0.15) is 0 Å². The SMILES string of the molecule is O=C(NCc1cccc(Cl)c1)[C@@H]1CCCN(c2nc3ccsc3c(=O)n2Cc2ccccc2)C1. The fourth-order valence-electron chi connectivity index (χ4n) is 4.44. The van der Waals surface area contributed by atoms with Crippen molar-refractivity contribution in [3.05, 3.63) is 92.5 Å². The summed E-state index contributed by atoms with van der Waals surface area (Å²) in [6.07, 6.45) is 1.67. The van der Waals surface area contributed by atoms with Gasteiger partial charge in [0, 0.05) is 24.7 Å². The number of hydrogen-bond acceptors (Lipinski definition) is 5. The monoisotopic (exact) mass is 492 g/mol. The van der Waals surface area contributed by atoms with E-state index in [1.165, 1.54) is 11.3 Å². The molecule has 0 aliphatic carbocycles. The van der Waals surface area contributed by atoms with E-state index in [1.54, 1.807) is 4.57 Å². The largest absolute Gasteiger partial charge is 0.352 e. The number of thiophene rings is 1. The summed E-state index contributed by atoms with van der Waals surface area (Å²) in [5, 5.41) is 5.60. The normalized spacial score (nSPS) is 16.0. The molecule has 8 heteroatoms. The lowest BCUT2D eigenvalue weighted by molar-refractivity contribution is -0.125. The molecule has 174 valence electrons. The minimum Gasteiger partial charge on any atom is -0.352 e. The van der Waals surface area contributed by atoms with Gasteiger partial charge in [0.15, 0.2) is 0 Å². The Bertz CT molecular complexity index is 1370. The van der Waals surface area contributed by atoms with E-state index in [9.17, 15) is 9.59 Å². The first-order chi connectivity index (χ1) is 16.6. The van der Waals surface area contributed by atoms with Crippen molar-refractivity contribution < 1.29 is 4.79 Å². The maximum atomic E-state index is 13.4. The third kappa shape index (κ3) is 4.86. The van der Waals surface area contributed by atoms with Gasteiger partial charge in [0.2, 0.25) is 11.9 Å². The number of halogens is 1. The summed E-state index contributed by atoms with van der Waals surface area (Å²) in [7, 11) is 0. The fraction of sp³-hybridized carbons (Fsp3) is 0.269. The maximum Gasteiger partial charge on any atom is 0.273 e. The molecule has 5 rings (SSSR count). The first kappa shape index (κ1) is 22.6. The number of nitrogens with one attached hydrogen (secondary N) is 1. The Morgan fingerprint density at radius 1 is 1.12 bits per heavy atom. The molecular formula is C26H25ClN4O2S. The zero-order chi connectivity index (χ0) is 23.5. The Morgan fingerprint density at radius 2 is 1.94 bits per heavy atom. The van der Waals surface area contributed by atoms with Crippen LogP contribution in [0.2, 0.25) is 5.02 Å². The molecule has 0 spiro atoms. The zero-order valence-corrected chi connectivity index (χ0v) is 20.2. The highest BCUT2D eigenvalue weighted by molar-refractivity contribution is 7.17. The van der Waals surface area contributed by atoms with E-state index in [1.807, 2.05) is 66.0 Å². The van der Waals surface area contributed by atoms with Gasteiger partial charge in [-0.25, -0.2) is 4.98 Å². The van der Waals surface area contributed by atoms with Crippen LogP contribution >= 0.6 is 22.9 Å². The highest BCUT2D eigenvalue weighted by Gasteiger charge is 2.28. The molecular weight excluding hydrogens is 468 g/mol. The molecule has 1 fully saturated rings. The highest BCUT2D eigenvalue weighted by atomic mass is 35.5. The van der Waals surface area contributed by atoms with Crippen LogP contribution in [0.15, 0.2) is 70.8 Å². The number of piperidine rings is 1.